The van der Waals surface area contributed by atoms with Gasteiger partial charge >= 0.3 is 0 Å². The van der Waals surface area contributed by atoms with E-state index in [0.29, 0.717) is 26.9 Å². The topological polar surface area (TPSA) is 55.1 Å². The maximum Gasteiger partial charge on any atom is 0.253 e. The summed E-state index contributed by atoms with van der Waals surface area (Å²) in [6, 6.07) is 12.4. The number of nitrogens with two attached hydrogens (primary N) is 1. The van der Waals surface area contributed by atoms with Crippen molar-refractivity contribution < 1.29 is 4.79 Å². The van der Waals surface area contributed by atoms with Crippen molar-refractivity contribution in [2.45, 2.75) is 5.54 Å². The summed E-state index contributed by atoms with van der Waals surface area (Å²) in [5.74, 6) is -0.285. The lowest BCUT2D eigenvalue weighted by molar-refractivity contribution is -0.119. The molecule has 1 aliphatic heterocycles. The normalized spacial score (nSPS) is 21.1. The number of carbonyl (C=O) groups is 1. The van der Waals surface area contributed by atoms with Crippen molar-refractivity contribution in [1.82, 2.24) is 0 Å². The smallest absolute Gasteiger partial charge is 0.253 e. The Labute approximate surface area is 120 Å². The van der Waals surface area contributed by atoms with E-state index >= 15 is 0 Å². The molecule has 1 unspecified atom stereocenters. The molecule has 3 rings (SSSR count). The fourth-order valence-electron chi connectivity index (χ4n) is 2.31. The van der Waals surface area contributed by atoms with Crippen LogP contribution in [0.1, 0.15) is 11.1 Å². The first-order valence-corrected chi connectivity index (χ1v) is 6.44. The number of rotatable bonds is 1. The van der Waals surface area contributed by atoms with Gasteiger partial charge in [0.25, 0.3) is 5.91 Å². The highest BCUT2D eigenvalue weighted by atomic mass is 35.5. The average molecular weight is 293 g/mol. The van der Waals surface area contributed by atoms with Crippen molar-refractivity contribution >= 4 is 34.8 Å². The van der Waals surface area contributed by atoms with Gasteiger partial charge in [-0.2, -0.15) is 0 Å². The molecule has 1 atom stereocenters. The van der Waals surface area contributed by atoms with Crippen LogP contribution in [0.4, 0.5) is 5.69 Å². The lowest BCUT2D eigenvalue weighted by atomic mass is 9.85. The molecule has 0 fully saturated rings. The Kier molecular flexibility index (Phi) is 2.78. The summed E-state index contributed by atoms with van der Waals surface area (Å²) in [4.78, 5) is 12.3. The van der Waals surface area contributed by atoms with Gasteiger partial charge in [-0.05, 0) is 17.7 Å². The van der Waals surface area contributed by atoms with Crippen LogP contribution in [0.2, 0.25) is 10.0 Å². The van der Waals surface area contributed by atoms with E-state index < -0.39 is 5.54 Å². The number of halogens is 2. The van der Waals surface area contributed by atoms with Crippen molar-refractivity contribution in [1.29, 1.82) is 0 Å². The van der Waals surface area contributed by atoms with Gasteiger partial charge in [-0.3, -0.25) is 4.79 Å². The molecule has 3 N–H and O–H groups in total. The summed E-state index contributed by atoms with van der Waals surface area (Å²) in [5.41, 5.74) is 7.06. The number of hydrogen-bond acceptors (Lipinski definition) is 2. The third-order valence-corrected chi connectivity index (χ3v) is 4.04. The molecule has 3 nitrogen and oxygen atoms in total. The SMILES string of the molecule is NC1(c2ccccc2)C(=O)Nc2cc(Cl)c(Cl)cc21. The van der Waals surface area contributed by atoms with Crippen molar-refractivity contribution in [3.05, 3.63) is 63.6 Å². The average Bonchev–Trinajstić information content (AvgIpc) is 2.65. The number of benzene rings is 2. The molecule has 96 valence electrons. The van der Waals surface area contributed by atoms with Crippen LogP contribution in [-0.2, 0) is 10.3 Å². The fraction of sp³-hybridized carbons (Fsp3) is 0.0714. The zero-order valence-electron chi connectivity index (χ0n) is 9.78. The summed E-state index contributed by atoms with van der Waals surface area (Å²) >= 11 is 12.0. The van der Waals surface area contributed by atoms with Gasteiger partial charge in [-0.1, -0.05) is 53.5 Å². The highest BCUT2D eigenvalue weighted by molar-refractivity contribution is 6.42. The zero-order valence-corrected chi connectivity index (χ0v) is 11.3. The molecule has 2 aromatic carbocycles. The predicted molar refractivity (Wildman–Crippen MR) is 76.5 cm³/mol. The Morgan fingerprint density at radius 1 is 1.05 bits per heavy atom. The Bertz CT molecular complexity index is 673. The van der Waals surface area contributed by atoms with E-state index in [1.807, 2.05) is 30.3 Å². The third-order valence-electron chi connectivity index (χ3n) is 3.32. The second kappa shape index (κ2) is 4.23. The van der Waals surface area contributed by atoms with E-state index in [0.717, 1.165) is 0 Å². The summed E-state index contributed by atoms with van der Waals surface area (Å²) < 4.78 is 0. The minimum atomic E-state index is -1.23. The molecule has 2 aromatic rings. The first-order chi connectivity index (χ1) is 9.03. The van der Waals surface area contributed by atoms with Gasteiger partial charge in [-0.15, -0.1) is 0 Å². The van der Waals surface area contributed by atoms with Crippen LogP contribution < -0.4 is 11.1 Å². The summed E-state index contributed by atoms with van der Waals surface area (Å²) in [6.07, 6.45) is 0. The number of fused-ring (bicyclic) bond motifs is 1. The van der Waals surface area contributed by atoms with Gasteiger partial charge in [0.2, 0.25) is 0 Å². The Hall–Kier alpha value is -1.55. The van der Waals surface area contributed by atoms with E-state index in [9.17, 15) is 4.79 Å². The largest absolute Gasteiger partial charge is 0.323 e. The van der Waals surface area contributed by atoms with Gasteiger partial charge in [0.15, 0.2) is 0 Å². The van der Waals surface area contributed by atoms with E-state index in [1.165, 1.54) is 0 Å². The van der Waals surface area contributed by atoms with Crippen LogP contribution in [-0.4, -0.2) is 5.91 Å². The quantitative estimate of drug-likeness (QED) is 0.848. The van der Waals surface area contributed by atoms with Crippen molar-refractivity contribution in [2.75, 3.05) is 5.32 Å². The molecule has 1 amide bonds. The molecular weight excluding hydrogens is 283 g/mol. The highest BCUT2D eigenvalue weighted by Gasteiger charge is 2.45. The first kappa shape index (κ1) is 12.5. The summed E-state index contributed by atoms with van der Waals surface area (Å²) in [7, 11) is 0. The van der Waals surface area contributed by atoms with Crippen LogP contribution in [0.5, 0.6) is 0 Å². The van der Waals surface area contributed by atoms with E-state index in [1.54, 1.807) is 12.1 Å². The zero-order chi connectivity index (χ0) is 13.6. The minimum Gasteiger partial charge on any atom is -0.323 e. The lowest BCUT2D eigenvalue weighted by Gasteiger charge is -2.22. The fourth-order valence-corrected chi connectivity index (χ4v) is 2.63. The second-order valence-electron chi connectivity index (χ2n) is 4.44. The Morgan fingerprint density at radius 3 is 2.37 bits per heavy atom. The Morgan fingerprint density at radius 2 is 1.68 bits per heavy atom. The minimum absolute atomic E-state index is 0.285. The van der Waals surface area contributed by atoms with E-state index in [2.05, 4.69) is 5.32 Å². The molecule has 0 bridgehead atoms. The third kappa shape index (κ3) is 1.74. The molecule has 1 aliphatic rings. The number of nitrogens with one attached hydrogen (secondary N) is 1. The van der Waals surface area contributed by atoms with Crippen molar-refractivity contribution in [2.24, 2.45) is 5.73 Å². The van der Waals surface area contributed by atoms with Gasteiger partial charge in [0.05, 0.1) is 10.0 Å². The predicted octanol–water partition coefficient (Wildman–Crippen LogP) is 3.15. The summed E-state index contributed by atoms with van der Waals surface area (Å²) in [5, 5.41) is 3.51. The molecular formula is C14H10Cl2N2O. The monoisotopic (exact) mass is 292 g/mol. The van der Waals surface area contributed by atoms with E-state index in [4.69, 9.17) is 28.9 Å². The van der Waals surface area contributed by atoms with Crippen molar-refractivity contribution in [3.63, 3.8) is 0 Å². The molecule has 0 spiro atoms. The summed E-state index contributed by atoms with van der Waals surface area (Å²) in [6.45, 7) is 0. The molecule has 0 radical (unpaired) electrons. The number of amides is 1. The van der Waals surface area contributed by atoms with Crippen LogP contribution in [0, 0.1) is 0 Å². The van der Waals surface area contributed by atoms with Crippen LogP contribution in [0.3, 0.4) is 0 Å². The van der Waals surface area contributed by atoms with Gasteiger partial charge in [-0.25, -0.2) is 0 Å². The Balaban J connectivity index is 2.25. The van der Waals surface area contributed by atoms with Gasteiger partial charge in [0, 0.05) is 11.3 Å². The standard InChI is InChI=1S/C14H10Cl2N2O/c15-10-6-9-12(7-11(10)16)18-13(19)14(9,17)8-4-2-1-3-5-8/h1-7H,17H2,(H,18,19). The number of carbonyl (C=O) groups excluding carboxylic acids is 1. The molecule has 0 aliphatic carbocycles. The second-order valence-corrected chi connectivity index (χ2v) is 5.25. The van der Waals surface area contributed by atoms with Crippen LogP contribution >= 0.6 is 23.2 Å². The lowest BCUT2D eigenvalue weighted by Crippen LogP contribution is -2.44. The van der Waals surface area contributed by atoms with Crippen LogP contribution in [0.15, 0.2) is 42.5 Å². The highest BCUT2D eigenvalue weighted by Crippen LogP contribution is 2.42. The molecule has 0 aromatic heterocycles. The first-order valence-electron chi connectivity index (χ1n) is 5.69. The van der Waals surface area contributed by atoms with E-state index in [-0.39, 0.29) is 5.91 Å². The maximum absolute atomic E-state index is 12.3. The number of anilines is 1. The molecule has 0 saturated carbocycles. The molecule has 0 saturated heterocycles. The van der Waals surface area contributed by atoms with Crippen LogP contribution in [0.25, 0.3) is 0 Å². The molecule has 5 heteroatoms. The molecule has 19 heavy (non-hydrogen) atoms. The van der Waals surface area contributed by atoms with Gasteiger partial charge < -0.3 is 11.1 Å². The number of hydrogen-bond donors (Lipinski definition) is 2. The van der Waals surface area contributed by atoms with Crippen molar-refractivity contribution in [3.8, 4) is 0 Å². The maximum atomic E-state index is 12.3. The molecule has 1 heterocycles. The van der Waals surface area contributed by atoms with Gasteiger partial charge in [0.1, 0.15) is 5.54 Å².